The molecule has 6 rings (SSSR count). The third-order valence-corrected chi connectivity index (χ3v) is 5.92. The predicted octanol–water partition coefficient (Wildman–Crippen LogP) is 4.81. The van der Waals surface area contributed by atoms with Crippen molar-refractivity contribution < 1.29 is 4.42 Å². The molecule has 0 saturated heterocycles. The molecule has 0 unspecified atom stereocenters. The normalized spacial score (nSPS) is 38.5. The van der Waals surface area contributed by atoms with Gasteiger partial charge in [0.25, 0.3) is 0 Å². The lowest BCUT2D eigenvalue weighted by Gasteiger charge is -2.57. The summed E-state index contributed by atoms with van der Waals surface area (Å²) in [5, 5.41) is 5.15. The van der Waals surface area contributed by atoms with Crippen molar-refractivity contribution in [1.82, 2.24) is 0 Å². The summed E-state index contributed by atoms with van der Waals surface area (Å²) in [7, 11) is 0. The van der Waals surface area contributed by atoms with E-state index >= 15 is 0 Å². The highest BCUT2D eigenvalue weighted by Crippen LogP contribution is 2.56. The first-order chi connectivity index (χ1) is 9.80. The summed E-state index contributed by atoms with van der Waals surface area (Å²) in [4.78, 5) is 0. The number of furan rings is 1. The summed E-state index contributed by atoms with van der Waals surface area (Å²) in [5.41, 5.74) is 2.57. The number of nitrogens with one attached hydrogen (secondary N) is 1. The van der Waals surface area contributed by atoms with Crippen molar-refractivity contribution in [3.8, 4) is 0 Å². The van der Waals surface area contributed by atoms with Crippen LogP contribution in [0, 0.1) is 17.8 Å². The van der Waals surface area contributed by atoms with Crippen LogP contribution in [0.4, 0.5) is 5.69 Å². The van der Waals surface area contributed by atoms with Crippen LogP contribution in [0.15, 0.2) is 34.9 Å². The molecule has 4 fully saturated rings. The van der Waals surface area contributed by atoms with E-state index in [2.05, 4.69) is 23.5 Å². The van der Waals surface area contributed by atoms with Gasteiger partial charge in [0.15, 0.2) is 0 Å². The first-order valence-electron chi connectivity index (χ1n) is 8.04. The van der Waals surface area contributed by atoms with Gasteiger partial charge in [0.05, 0.1) is 5.69 Å². The van der Waals surface area contributed by atoms with Crippen LogP contribution in [-0.2, 0) is 0 Å². The van der Waals surface area contributed by atoms with Gasteiger partial charge in [0.2, 0.25) is 0 Å². The van der Waals surface area contributed by atoms with E-state index in [1.807, 2.05) is 12.3 Å². The number of fused-ring (bicyclic) bond motifs is 1. The van der Waals surface area contributed by atoms with E-state index in [-0.39, 0.29) is 0 Å². The van der Waals surface area contributed by atoms with Crippen LogP contribution in [-0.4, -0.2) is 5.54 Å². The van der Waals surface area contributed by atoms with Gasteiger partial charge >= 0.3 is 0 Å². The fourth-order valence-electron chi connectivity index (χ4n) is 5.62. The molecule has 4 aliphatic carbocycles. The van der Waals surface area contributed by atoms with Gasteiger partial charge in [0, 0.05) is 10.9 Å². The second-order valence-corrected chi connectivity index (χ2v) is 7.47. The topological polar surface area (TPSA) is 25.2 Å². The van der Waals surface area contributed by atoms with Crippen molar-refractivity contribution >= 4 is 16.7 Å². The molecule has 1 heterocycles. The van der Waals surface area contributed by atoms with Crippen LogP contribution < -0.4 is 5.32 Å². The number of anilines is 1. The lowest BCUT2D eigenvalue weighted by Crippen LogP contribution is -2.54. The van der Waals surface area contributed by atoms with Crippen LogP contribution in [0.1, 0.15) is 38.5 Å². The van der Waals surface area contributed by atoms with E-state index in [1.165, 1.54) is 49.6 Å². The second-order valence-electron chi connectivity index (χ2n) is 7.47. The summed E-state index contributed by atoms with van der Waals surface area (Å²) in [5.74, 6) is 2.94. The highest BCUT2D eigenvalue weighted by atomic mass is 16.3. The maximum Gasteiger partial charge on any atom is 0.136 e. The zero-order valence-corrected chi connectivity index (χ0v) is 11.8. The van der Waals surface area contributed by atoms with Gasteiger partial charge in [-0.25, -0.2) is 0 Å². The van der Waals surface area contributed by atoms with Crippen LogP contribution in [0.2, 0.25) is 0 Å². The lowest BCUT2D eigenvalue weighted by molar-refractivity contribution is 0.0107. The Morgan fingerprint density at radius 1 is 0.950 bits per heavy atom. The molecule has 0 spiro atoms. The van der Waals surface area contributed by atoms with Gasteiger partial charge in [-0.1, -0.05) is 12.1 Å². The fourth-order valence-corrected chi connectivity index (χ4v) is 5.62. The van der Waals surface area contributed by atoms with Crippen molar-refractivity contribution in [3.63, 3.8) is 0 Å². The lowest BCUT2D eigenvalue weighted by atomic mass is 9.53. The zero-order valence-electron chi connectivity index (χ0n) is 11.8. The molecule has 0 radical (unpaired) electrons. The molecule has 1 aromatic heterocycles. The summed E-state index contributed by atoms with van der Waals surface area (Å²) in [6.45, 7) is 0. The van der Waals surface area contributed by atoms with Crippen LogP contribution in [0.3, 0.4) is 0 Å². The van der Waals surface area contributed by atoms with Gasteiger partial charge in [-0.05, 0) is 68.4 Å². The minimum atomic E-state index is 0.362. The van der Waals surface area contributed by atoms with Crippen LogP contribution >= 0.6 is 0 Å². The number of hydrogen-bond acceptors (Lipinski definition) is 2. The maximum atomic E-state index is 5.70. The minimum Gasteiger partial charge on any atom is -0.462 e. The molecule has 104 valence electrons. The SMILES string of the molecule is c1ccc2c(NC34CC5CC(CC(C5)C3)C4)coc2c1. The molecule has 0 aliphatic heterocycles. The average molecular weight is 267 g/mol. The third-order valence-electron chi connectivity index (χ3n) is 5.92. The highest BCUT2D eigenvalue weighted by molar-refractivity contribution is 5.90. The van der Waals surface area contributed by atoms with E-state index in [9.17, 15) is 0 Å². The molecule has 4 bridgehead atoms. The summed E-state index contributed by atoms with van der Waals surface area (Å²) in [6, 6.07) is 8.37. The van der Waals surface area contributed by atoms with Crippen molar-refractivity contribution in [3.05, 3.63) is 30.5 Å². The first kappa shape index (κ1) is 11.2. The van der Waals surface area contributed by atoms with Gasteiger partial charge in [-0.15, -0.1) is 0 Å². The van der Waals surface area contributed by atoms with E-state index in [0.717, 1.165) is 23.3 Å². The van der Waals surface area contributed by atoms with Crippen LogP contribution in [0.5, 0.6) is 0 Å². The Morgan fingerprint density at radius 2 is 1.60 bits per heavy atom. The first-order valence-corrected chi connectivity index (χ1v) is 8.04. The van der Waals surface area contributed by atoms with Crippen molar-refractivity contribution in [2.75, 3.05) is 5.32 Å². The average Bonchev–Trinajstić information content (AvgIpc) is 2.80. The largest absolute Gasteiger partial charge is 0.462 e. The van der Waals surface area contributed by atoms with Gasteiger partial charge in [-0.2, -0.15) is 0 Å². The standard InChI is InChI=1S/C18H21NO/c1-2-4-17-15(3-1)16(11-20-17)19-18-8-12-5-13(9-18)7-14(6-12)10-18/h1-4,11-14,19H,5-10H2. The molecule has 1 aromatic carbocycles. The van der Waals surface area contributed by atoms with E-state index < -0.39 is 0 Å². The monoisotopic (exact) mass is 267 g/mol. The molecule has 2 heteroatoms. The van der Waals surface area contributed by atoms with E-state index in [0.29, 0.717) is 5.54 Å². The summed E-state index contributed by atoms with van der Waals surface area (Å²) >= 11 is 0. The smallest absolute Gasteiger partial charge is 0.136 e. The number of rotatable bonds is 2. The molecule has 4 aliphatic rings. The number of hydrogen-bond donors (Lipinski definition) is 1. The Morgan fingerprint density at radius 3 is 2.30 bits per heavy atom. The Labute approximate surface area is 119 Å². The maximum absolute atomic E-state index is 5.70. The van der Waals surface area contributed by atoms with Crippen LogP contribution in [0.25, 0.3) is 11.0 Å². The number of para-hydroxylation sites is 1. The summed E-state index contributed by atoms with van der Waals surface area (Å²) < 4.78 is 5.70. The predicted molar refractivity (Wildman–Crippen MR) is 80.7 cm³/mol. The Bertz CT molecular complexity index is 621. The van der Waals surface area contributed by atoms with Gasteiger partial charge in [0.1, 0.15) is 11.8 Å². The Hall–Kier alpha value is -1.44. The second kappa shape index (κ2) is 3.81. The Balaban J connectivity index is 1.52. The molecule has 2 nitrogen and oxygen atoms in total. The Kier molecular flexibility index (Phi) is 2.14. The van der Waals surface area contributed by atoms with Gasteiger partial charge in [-0.3, -0.25) is 0 Å². The molecule has 1 N–H and O–H groups in total. The fraction of sp³-hybridized carbons (Fsp3) is 0.556. The quantitative estimate of drug-likeness (QED) is 0.844. The highest BCUT2D eigenvalue weighted by Gasteiger charge is 2.51. The molecular formula is C18H21NO. The molecular weight excluding hydrogens is 246 g/mol. The van der Waals surface area contributed by atoms with Crippen molar-refractivity contribution in [1.29, 1.82) is 0 Å². The zero-order chi connectivity index (χ0) is 13.2. The van der Waals surface area contributed by atoms with Gasteiger partial charge < -0.3 is 9.73 Å². The molecule has 20 heavy (non-hydrogen) atoms. The van der Waals surface area contributed by atoms with E-state index in [1.54, 1.807) is 0 Å². The molecule has 0 atom stereocenters. The van der Waals surface area contributed by atoms with Crippen molar-refractivity contribution in [2.45, 2.75) is 44.1 Å². The molecule has 0 amide bonds. The third kappa shape index (κ3) is 1.57. The molecule has 4 saturated carbocycles. The molecule has 2 aromatic rings. The minimum absolute atomic E-state index is 0.362. The van der Waals surface area contributed by atoms with Crippen molar-refractivity contribution in [2.24, 2.45) is 17.8 Å². The number of benzene rings is 1. The van der Waals surface area contributed by atoms with E-state index in [4.69, 9.17) is 4.42 Å². The summed E-state index contributed by atoms with van der Waals surface area (Å²) in [6.07, 6.45) is 10.5.